The van der Waals surface area contributed by atoms with E-state index in [-0.39, 0.29) is 0 Å². The molecule has 1 aromatic carbocycles. The smallest absolute Gasteiger partial charge is 0.0642 e. The van der Waals surface area contributed by atoms with Gasteiger partial charge >= 0.3 is 0 Å². The molecule has 0 bridgehead atoms. The van der Waals surface area contributed by atoms with Crippen molar-refractivity contribution in [3.63, 3.8) is 0 Å². The highest BCUT2D eigenvalue weighted by Crippen LogP contribution is 2.18. The molecule has 1 fully saturated rings. The number of rotatable bonds is 3. The van der Waals surface area contributed by atoms with Gasteiger partial charge in [0, 0.05) is 23.6 Å². The van der Waals surface area contributed by atoms with Crippen LogP contribution in [0.1, 0.15) is 12.5 Å². The van der Waals surface area contributed by atoms with Gasteiger partial charge < -0.3 is 9.64 Å². The van der Waals surface area contributed by atoms with Gasteiger partial charge in [0.15, 0.2) is 0 Å². The molecule has 2 nitrogen and oxygen atoms in total. The number of nitrogens with zero attached hydrogens (tertiary/aromatic N) is 1. The van der Waals surface area contributed by atoms with Gasteiger partial charge in [0.05, 0.1) is 13.2 Å². The number of morpholine rings is 1. The Kier molecular flexibility index (Phi) is 4.24. The van der Waals surface area contributed by atoms with E-state index in [0.29, 0.717) is 4.83 Å². The average molecular weight is 284 g/mol. The van der Waals surface area contributed by atoms with Crippen LogP contribution in [-0.2, 0) is 11.2 Å². The van der Waals surface area contributed by atoms with Crippen LogP contribution < -0.4 is 4.90 Å². The molecule has 1 atom stereocenters. The summed E-state index contributed by atoms with van der Waals surface area (Å²) in [6.45, 7) is 5.89. The van der Waals surface area contributed by atoms with Crippen LogP contribution in [0.4, 0.5) is 5.69 Å². The maximum Gasteiger partial charge on any atom is 0.0642 e. The van der Waals surface area contributed by atoms with Crippen LogP contribution in [0.5, 0.6) is 0 Å². The minimum absolute atomic E-state index is 0.543. The topological polar surface area (TPSA) is 12.5 Å². The predicted octanol–water partition coefficient (Wildman–Crippen LogP) is 2.85. The van der Waals surface area contributed by atoms with Gasteiger partial charge in [-0.2, -0.15) is 0 Å². The Morgan fingerprint density at radius 3 is 2.44 bits per heavy atom. The second-order valence-electron chi connectivity index (χ2n) is 4.25. The van der Waals surface area contributed by atoms with E-state index in [1.165, 1.54) is 11.3 Å². The summed E-state index contributed by atoms with van der Waals surface area (Å²) in [5.74, 6) is 0. The molecule has 1 aromatic rings. The van der Waals surface area contributed by atoms with Crippen molar-refractivity contribution in [2.24, 2.45) is 0 Å². The number of hydrogen-bond donors (Lipinski definition) is 0. The summed E-state index contributed by atoms with van der Waals surface area (Å²) in [5.41, 5.74) is 2.70. The first-order valence-electron chi connectivity index (χ1n) is 5.81. The summed E-state index contributed by atoms with van der Waals surface area (Å²) in [6.07, 6.45) is 1.09. The third-order valence-corrected chi connectivity index (χ3v) is 3.15. The number of anilines is 1. The Morgan fingerprint density at radius 2 is 1.88 bits per heavy atom. The van der Waals surface area contributed by atoms with Gasteiger partial charge in [-0.3, -0.25) is 0 Å². The first-order valence-corrected chi connectivity index (χ1v) is 6.73. The highest BCUT2D eigenvalue weighted by atomic mass is 79.9. The van der Waals surface area contributed by atoms with E-state index in [2.05, 4.69) is 52.0 Å². The van der Waals surface area contributed by atoms with Crippen molar-refractivity contribution in [2.45, 2.75) is 18.2 Å². The Morgan fingerprint density at radius 1 is 1.25 bits per heavy atom. The van der Waals surface area contributed by atoms with Crippen LogP contribution >= 0.6 is 15.9 Å². The van der Waals surface area contributed by atoms with Crippen molar-refractivity contribution in [3.8, 4) is 0 Å². The molecule has 88 valence electrons. The van der Waals surface area contributed by atoms with Gasteiger partial charge in [-0.25, -0.2) is 0 Å². The fourth-order valence-electron chi connectivity index (χ4n) is 1.99. The number of benzene rings is 1. The zero-order valence-corrected chi connectivity index (χ0v) is 11.2. The van der Waals surface area contributed by atoms with Crippen molar-refractivity contribution < 1.29 is 4.74 Å². The summed E-state index contributed by atoms with van der Waals surface area (Å²) >= 11 is 3.58. The van der Waals surface area contributed by atoms with E-state index in [0.717, 1.165) is 32.7 Å². The minimum atomic E-state index is 0.543. The molecule has 1 unspecified atom stereocenters. The molecule has 1 saturated heterocycles. The molecular formula is C13H18BrNO. The molecular weight excluding hydrogens is 266 g/mol. The normalized spacial score (nSPS) is 18.5. The van der Waals surface area contributed by atoms with Crippen molar-refractivity contribution in [3.05, 3.63) is 29.8 Å². The second-order valence-corrected chi connectivity index (χ2v) is 5.81. The van der Waals surface area contributed by atoms with Crippen molar-refractivity contribution in [1.29, 1.82) is 0 Å². The summed E-state index contributed by atoms with van der Waals surface area (Å²) in [7, 11) is 0. The molecule has 2 rings (SSSR count). The Labute approximate surface area is 106 Å². The standard InChI is InChI=1S/C13H18BrNO/c1-11(14)10-12-2-4-13(5-3-12)15-6-8-16-9-7-15/h2-5,11H,6-10H2,1H3. The molecule has 1 aliphatic rings. The highest BCUT2D eigenvalue weighted by Gasteiger charge is 2.10. The van der Waals surface area contributed by atoms with E-state index < -0.39 is 0 Å². The highest BCUT2D eigenvalue weighted by molar-refractivity contribution is 9.09. The quantitative estimate of drug-likeness (QED) is 0.791. The van der Waals surface area contributed by atoms with E-state index in [1.807, 2.05) is 0 Å². The van der Waals surface area contributed by atoms with Crippen molar-refractivity contribution in [1.82, 2.24) is 0 Å². The van der Waals surface area contributed by atoms with Crippen LogP contribution in [0.25, 0.3) is 0 Å². The first-order chi connectivity index (χ1) is 7.75. The number of alkyl halides is 1. The zero-order chi connectivity index (χ0) is 11.4. The molecule has 0 N–H and O–H groups in total. The predicted molar refractivity (Wildman–Crippen MR) is 71.6 cm³/mol. The van der Waals surface area contributed by atoms with Crippen LogP contribution in [0.15, 0.2) is 24.3 Å². The minimum Gasteiger partial charge on any atom is -0.378 e. The van der Waals surface area contributed by atoms with Crippen LogP contribution in [0.3, 0.4) is 0 Å². The van der Waals surface area contributed by atoms with E-state index in [4.69, 9.17) is 4.74 Å². The monoisotopic (exact) mass is 283 g/mol. The average Bonchev–Trinajstić information content (AvgIpc) is 2.30. The number of halogens is 1. The maximum atomic E-state index is 5.35. The summed E-state index contributed by atoms with van der Waals surface area (Å²) in [5, 5.41) is 0. The maximum absolute atomic E-state index is 5.35. The largest absolute Gasteiger partial charge is 0.378 e. The molecule has 1 aliphatic heterocycles. The lowest BCUT2D eigenvalue weighted by Gasteiger charge is -2.29. The van der Waals surface area contributed by atoms with Gasteiger partial charge in [0.2, 0.25) is 0 Å². The fraction of sp³-hybridized carbons (Fsp3) is 0.538. The van der Waals surface area contributed by atoms with Crippen LogP contribution in [0, 0.1) is 0 Å². The summed E-state index contributed by atoms with van der Waals surface area (Å²) < 4.78 is 5.35. The van der Waals surface area contributed by atoms with Gasteiger partial charge in [-0.15, -0.1) is 0 Å². The van der Waals surface area contributed by atoms with Crippen molar-refractivity contribution >= 4 is 21.6 Å². The van der Waals surface area contributed by atoms with E-state index in [1.54, 1.807) is 0 Å². The molecule has 0 saturated carbocycles. The van der Waals surface area contributed by atoms with Crippen LogP contribution in [-0.4, -0.2) is 31.1 Å². The van der Waals surface area contributed by atoms with E-state index >= 15 is 0 Å². The summed E-state index contributed by atoms with van der Waals surface area (Å²) in [6, 6.07) is 8.89. The van der Waals surface area contributed by atoms with E-state index in [9.17, 15) is 0 Å². The van der Waals surface area contributed by atoms with Gasteiger partial charge in [0.1, 0.15) is 0 Å². The molecule has 16 heavy (non-hydrogen) atoms. The number of hydrogen-bond acceptors (Lipinski definition) is 2. The Balaban J connectivity index is 2.00. The molecule has 1 heterocycles. The Bertz CT molecular complexity index is 317. The third-order valence-electron chi connectivity index (χ3n) is 2.83. The molecule has 0 aromatic heterocycles. The lowest BCUT2D eigenvalue weighted by Crippen LogP contribution is -2.36. The third kappa shape index (κ3) is 3.22. The second kappa shape index (κ2) is 5.69. The lowest BCUT2D eigenvalue weighted by atomic mass is 10.1. The molecule has 0 amide bonds. The molecule has 0 aliphatic carbocycles. The van der Waals surface area contributed by atoms with Crippen molar-refractivity contribution in [2.75, 3.05) is 31.2 Å². The van der Waals surface area contributed by atoms with Gasteiger partial charge in [0.25, 0.3) is 0 Å². The fourth-order valence-corrected chi connectivity index (χ4v) is 2.36. The number of ether oxygens (including phenoxy) is 1. The SMILES string of the molecule is CC(Br)Cc1ccc(N2CCOCC2)cc1. The molecule has 3 heteroatoms. The molecule has 0 spiro atoms. The zero-order valence-electron chi connectivity index (χ0n) is 9.66. The van der Waals surface area contributed by atoms with Gasteiger partial charge in [-0.1, -0.05) is 35.0 Å². The lowest BCUT2D eigenvalue weighted by molar-refractivity contribution is 0.122. The first kappa shape index (κ1) is 11.9. The molecule has 0 radical (unpaired) electrons. The summed E-state index contributed by atoms with van der Waals surface area (Å²) in [4.78, 5) is 2.92. The Hall–Kier alpha value is -0.540. The van der Waals surface area contributed by atoms with Gasteiger partial charge in [-0.05, 0) is 24.1 Å². The van der Waals surface area contributed by atoms with Crippen LogP contribution in [0.2, 0.25) is 0 Å².